The van der Waals surface area contributed by atoms with Crippen molar-refractivity contribution >= 4 is 12.1 Å². The first-order chi connectivity index (χ1) is 12.0. The molecule has 0 saturated carbocycles. The number of hydrogen-bond acceptors (Lipinski definition) is 5. The van der Waals surface area contributed by atoms with Crippen LogP contribution in [0.4, 0.5) is 4.39 Å². The van der Waals surface area contributed by atoms with Crippen molar-refractivity contribution in [1.29, 1.82) is 0 Å². The zero-order valence-corrected chi connectivity index (χ0v) is 15.5. The molecule has 0 aliphatic carbocycles. The molecule has 3 heterocycles. The van der Waals surface area contributed by atoms with E-state index in [-0.39, 0.29) is 24.0 Å². The van der Waals surface area contributed by atoms with Crippen LogP contribution in [-0.2, 0) is 4.79 Å². The van der Waals surface area contributed by atoms with Gasteiger partial charge >= 0.3 is 0 Å². The topological polar surface area (TPSA) is 65.2 Å². The van der Waals surface area contributed by atoms with Crippen LogP contribution in [0.5, 0.6) is 0 Å². The monoisotopic (exact) mass is 353 g/mol. The summed E-state index contributed by atoms with van der Waals surface area (Å²) in [7, 11) is 1.85. The summed E-state index contributed by atoms with van der Waals surface area (Å²) in [5.74, 6) is 0.143. The van der Waals surface area contributed by atoms with Gasteiger partial charge in [0.05, 0.1) is 12.6 Å². The molecule has 0 aromatic carbocycles. The number of piperazine rings is 2. The average Bonchev–Trinajstić information content (AvgIpc) is 2.58. The smallest absolute Gasteiger partial charge is 0.241 e. The second-order valence-electron chi connectivity index (χ2n) is 7.79. The van der Waals surface area contributed by atoms with E-state index in [1.807, 2.05) is 7.05 Å². The summed E-state index contributed by atoms with van der Waals surface area (Å²) in [4.78, 5) is 22.9. The third-order valence-corrected chi connectivity index (χ3v) is 5.98. The summed E-state index contributed by atoms with van der Waals surface area (Å²) in [6, 6.07) is -0.873. The fourth-order valence-electron chi connectivity index (χ4n) is 4.53. The van der Waals surface area contributed by atoms with Crippen LogP contribution in [0.2, 0.25) is 0 Å². The zero-order valence-electron chi connectivity index (χ0n) is 15.5. The van der Waals surface area contributed by atoms with Crippen LogP contribution in [0.15, 0.2) is 4.99 Å². The summed E-state index contributed by atoms with van der Waals surface area (Å²) in [5, 5.41) is 0. The van der Waals surface area contributed by atoms with Crippen molar-refractivity contribution in [1.82, 2.24) is 14.7 Å². The molecule has 0 bridgehead atoms. The number of carbonyl (C=O) groups is 1. The molecule has 3 aliphatic rings. The Bertz CT molecular complexity index is 516. The number of nitrogens with zero attached hydrogens (tertiary/aromatic N) is 4. The third kappa shape index (κ3) is 3.73. The summed E-state index contributed by atoms with van der Waals surface area (Å²) in [5.41, 5.74) is 4.83. The fraction of sp³-hybridized carbons (Fsp3) is 0.889. The largest absolute Gasteiger partial charge is 0.343 e. The van der Waals surface area contributed by atoms with Gasteiger partial charge in [0.2, 0.25) is 5.91 Å². The Morgan fingerprint density at radius 3 is 2.76 bits per heavy atom. The van der Waals surface area contributed by atoms with E-state index in [9.17, 15) is 4.79 Å². The van der Waals surface area contributed by atoms with Crippen molar-refractivity contribution < 1.29 is 9.18 Å². The predicted octanol–water partition coefficient (Wildman–Crippen LogP) is 0.514. The molecular weight excluding hydrogens is 321 g/mol. The molecule has 3 rings (SSSR count). The van der Waals surface area contributed by atoms with E-state index in [1.165, 1.54) is 6.21 Å². The van der Waals surface area contributed by atoms with Crippen molar-refractivity contribution in [3.8, 4) is 0 Å². The van der Waals surface area contributed by atoms with Crippen molar-refractivity contribution in [2.75, 3.05) is 46.3 Å². The first-order valence-electron chi connectivity index (χ1n) is 9.65. The van der Waals surface area contributed by atoms with Gasteiger partial charge in [-0.25, -0.2) is 4.39 Å². The minimum atomic E-state index is -1.49. The number of halogens is 1. The molecule has 0 aromatic rings. The number of alkyl halides is 1. The van der Waals surface area contributed by atoms with E-state index in [2.05, 4.69) is 21.7 Å². The number of rotatable bonds is 5. The van der Waals surface area contributed by atoms with Crippen LogP contribution in [0, 0.1) is 0 Å². The standard InChI is InChI=1S/C18H32FN5O/c1-3-4-5-6-18(19)13-21-11-14(20)16(18)24-10-9-23-8-7-22(2)17(25)15(23)12-24/h13-16H,3-12,20H2,1-2H3. The third-order valence-electron chi connectivity index (χ3n) is 5.98. The summed E-state index contributed by atoms with van der Waals surface area (Å²) in [6.07, 6.45) is 4.87. The van der Waals surface area contributed by atoms with Crippen LogP contribution in [-0.4, -0.2) is 96.9 Å². The van der Waals surface area contributed by atoms with Crippen LogP contribution < -0.4 is 5.73 Å². The quantitative estimate of drug-likeness (QED) is 0.732. The minimum absolute atomic E-state index is 0.143. The SMILES string of the molecule is CCCCCC1(F)C=NCC(N)C1N1CCN2CCN(C)C(=O)C2C1. The van der Waals surface area contributed by atoms with Crippen LogP contribution in [0.25, 0.3) is 0 Å². The van der Waals surface area contributed by atoms with Crippen molar-refractivity contribution in [2.24, 2.45) is 10.7 Å². The minimum Gasteiger partial charge on any atom is -0.343 e. The van der Waals surface area contributed by atoms with Gasteiger partial charge in [-0.1, -0.05) is 19.8 Å². The van der Waals surface area contributed by atoms with E-state index >= 15 is 4.39 Å². The van der Waals surface area contributed by atoms with Crippen LogP contribution >= 0.6 is 0 Å². The summed E-state index contributed by atoms with van der Waals surface area (Å²) >= 11 is 0. The second kappa shape index (κ2) is 7.68. The van der Waals surface area contributed by atoms with Gasteiger partial charge in [0, 0.05) is 52.0 Å². The number of amides is 1. The molecule has 3 aliphatic heterocycles. The van der Waals surface area contributed by atoms with Gasteiger partial charge in [0.15, 0.2) is 5.67 Å². The lowest BCUT2D eigenvalue weighted by Gasteiger charge is -2.51. The number of aliphatic imine (C=N–C) groups is 1. The zero-order chi connectivity index (χ0) is 18.0. The number of fused-ring (bicyclic) bond motifs is 1. The summed E-state index contributed by atoms with van der Waals surface area (Å²) < 4.78 is 15.8. The van der Waals surface area contributed by atoms with E-state index in [0.717, 1.165) is 45.4 Å². The fourth-order valence-corrected chi connectivity index (χ4v) is 4.53. The predicted molar refractivity (Wildman–Crippen MR) is 97.7 cm³/mol. The summed E-state index contributed by atoms with van der Waals surface area (Å²) in [6.45, 7) is 6.38. The number of unbranched alkanes of at least 4 members (excludes halogenated alkanes) is 2. The van der Waals surface area contributed by atoms with E-state index in [4.69, 9.17) is 5.73 Å². The molecule has 2 N–H and O–H groups in total. The van der Waals surface area contributed by atoms with Gasteiger partial charge in [0.25, 0.3) is 0 Å². The van der Waals surface area contributed by atoms with Gasteiger partial charge in [-0.05, 0) is 12.8 Å². The normalized spacial score (nSPS) is 37.4. The molecule has 1 amide bonds. The number of carbonyl (C=O) groups excluding carboxylic acids is 1. The van der Waals surface area contributed by atoms with E-state index < -0.39 is 5.67 Å². The van der Waals surface area contributed by atoms with Crippen molar-refractivity contribution in [3.05, 3.63) is 0 Å². The Labute approximate surface area is 150 Å². The maximum absolute atomic E-state index is 15.8. The molecule has 0 aromatic heterocycles. The Morgan fingerprint density at radius 1 is 1.28 bits per heavy atom. The molecule has 2 saturated heterocycles. The second-order valence-corrected chi connectivity index (χ2v) is 7.79. The molecule has 7 heteroatoms. The lowest BCUT2D eigenvalue weighted by molar-refractivity contribution is -0.145. The van der Waals surface area contributed by atoms with Crippen molar-refractivity contribution in [3.63, 3.8) is 0 Å². The van der Waals surface area contributed by atoms with Crippen LogP contribution in [0.3, 0.4) is 0 Å². The van der Waals surface area contributed by atoms with Gasteiger partial charge in [0.1, 0.15) is 6.04 Å². The Morgan fingerprint density at radius 2 is 2.00 bits per heavy atom. The highest BCUT2D eigenvalue weighted by Crippen LogP contribution is 2.32. The maximum Gasteiger partial charge on any atom is 0.241 e. The van der Waals surface area contributed by atoms with Gasteiger partial charge < -0.3 is 10.6 Å². The molecule has 4 unspecified atom stereocenters. The number of likely N-dealkylation sites (N-methyl/N-ethyl adjacent to an activating group) is 1. The molecule has 25 heavy (non-hydrogen) atoms. The first kappa shape index (κ1) is 18.7. The lowest BCUT2D eigenvalue weighted by atomic mass is 9.83. The highest BCUT2D eigenvalue weighted by molar-refractivity contribution is 5.83. The molecular formula is C18H32FN5O. The van der Waals surface area contributed by atoms with E-state index in [1.54, 1.807) is 4.90 Å². The Hall–Kier alpha value is -1.05. The van der Waals surface area contributed by atoms with Crippen molar-refractivity contribution in [2.45, 2.75) is 56.4 Å². The Kier molecular flexibility index (Phi) is 5.75. The molecule has 0 spiro atoms. The average molecular weight is 353 g/mol. The highest BCUT2D eigenvalue weighted by Gasteiger charge is 2.49. The van der Waals surface area contributed by atoms with Gasteiger partial charge in [-0.2, -0.15) is 0 Å². The lowest BCUT2D eigenvalue weighted by Crippen LogP contribution is -2.70. The molecule has 6 nitrogen and oxygen atoms in total. The first-order valence-corrected chi connectivity index (χ1v) is 9.65. The molecule has 142 valence electrons. The van der Waals surface area contributed by atoms with Crippen LogP contribution in [0.1, 0.15) is 32.6 Å². The molecule has 2 fully saturated rings. The number of hydrogen-bond donors (Lipinski definition) is 1. The number of nitrogens with two attached hydrogens (primary N) is 1. The highest BCUT2D eigenvalue weighted by atomic mass is 19.1. The molecule has 4 atom stereocenters. The maximum atomic E-state index is 15.8. The Balaban J connectivity index is 1.75. The molecule has 0 radical (unpaired) electrons. The van der Waals surface area contributed by atoms with Gasteiger partial charge in [-0.3, -0.25) is 19.6 Å². The van der Waals surface area contributed by atoms with Gasteiger partial charge in [-0.15, -0.1) is 0 Å². The van der Waals surface area contributed by atoms with E-state index in [0.29, 0.717) is 19.5 Å².